The second-order valence-electron chi connectivity index (χ2n) is 5.29. The van der Waals surface area contributed by atoms with Gasteiger partial charge in [0.15, 0.2) is 11.5 Å². The molecule has 0 aliphatic heterocycles. The van der Waals surface area contributed by atoms with E-state index in [1.807, 2.05) is 38.1 Å². The lowest BCUT2D eigenvalue weighted by molar-refractivity contribution is -0.114. The first-order valence-corrected chi connectivity index (χ1v) is 7.36. The predicted molar refractivity (Wildman–Crippen MR) is 92.6 cm³/mol. The Hall–Kier alpha value is -2.69. The summed E-state index contributed by atoms with van der Waals surface area (Å²) < 4.78 is 10.4. The lowest BCUT2D eigenvalue weighted by Gasteiger charge is -2.12. The number of carbonyl (C=O) groups excluding carboxylic acids is 1. The minimum Gasteiger partial charge on any atom is -0.493 e. The van der Waals surface area contributed by atoms with Crippen LogP contribution in [0, 0.1) is 13.8 Å². The molecule has 0 spiro atoms. The molecule has 0 bridgehead atoms. The zero-order chi connectivity index (χ0) is 16.8. The molecule has 0 fully saturated rings. The second-order valence-corrected chi connectivity index (χ2v) is 5.29. The number of amides is 1. The van der Waals surface area contributed by atoms with Crippen molar-refractivity contribution in [2.75, 3.05) is 31.4 Å². The third-order valence-corrected chi connectivity index (χ3v) is 3.49. The summed E-state index contributed by atoms with van der Waals surface area (Å²) >= 11 is 0. The van der Waals surface area contributed by atoms with Gasteiger partial charge in [-0.25, -0.2) is 0 Å². The molecule has 2 aromatic carbocycles. The molecule has 0 saturated heterocycles. The Labute approximate surface area is 136 Å². The second kappa shape index (κ2) is 7.54. The van der Waals surface area contributed by atoms with Crippen molar-refractivity contribution in [3.05, 3.63) is 47.5 Å². The average Bonchev–Trinajstić information content (AvgIpc) is 2.55. The number of rotatable bonds is 6. The van der Waals surface area contributed by atoms with Gasteiger partial charge in [0.1, 0.15) is 0 Å². The van der Waals surface area contributed by atoms with Crippen LogP contribution in [0.15, 0.2) is 36.4 Å². The highest BCUT2D eigenvalue weighted by Gasteiger charge is 2.07. The van der Waals surface area contributed by atoms with Gasteiger partial charge in [-0.1, -0.05) is 17.7 Å². The van der Waals surface area contributed by atoms with E-state index in [4.69, 9.17) is 9.47 Å². The molecule has 2 rings (SSSR count). The van der Waals surface area contributed by atoms with Gasteiger partial charge in [-0.05, 0) is 37.6 Å². The highest BCUT2D eigenvalue weighted by molar-refractivity contribution is 5.94. The van der Waals surface area contributed by atoms with Crippen molar-refractivity contribution in [3.8, 4) is 11.5 Å². The molecule has 0 atom stereocenters. The lowest BCUT2D eigenvalue weighted by atomic mass is 10.1. The summed E-state index contributed by atoms with van der Waals surface area (Å²) in [4.78, 5) is 12.1. The van der Waals surface area contributed by atoms with Crippen LogP contribution in [0.5, 0.6) is 11.5 Å². The Kier molecular flexibility index (Phi) is 5.46. The molecule has 2 N–H and O–H groups in total. The van der Waals surface area contributed by atoms with Gasteiger partial charge < -0.3 is 20.1 Å². The van der Waals surface area contributed by atoms with E-state index in [2.05, 4.69) is 10.6 Å². The van der Waals surface area contributed by atoms with Gasteiger partial charge in [-0.2, -0.15) is 0 Å². The summed E-state index contributed by atoms with van der Waals surface area (Å²) in [6.45, 7) is 4.17. The summed E-state index contributed by atoms with van der Waals surface area (Å²) in [7, 11) is 3.16. The van der Waals surface area contributed by atoms with Gasteiger partial charge in [0.05, 0.1) is 20.8 Å². The van der Waals surface area contributed by atoms with Gasteiger partial charge in [0.25, 0.3) is 0 Å². The summed E-state index contributed by atoms with van der Waals surface area (Å²) in [5.74, 6) is 1.16. The molecule has 0 heterocycles. The van der Waals surface area contributed by atoms with E-state index in [1.165, 1.54) is 5.56 Å². The quantitative estimate of drug-likeness (QED) is 0.858. The minimum atomic E-state index is -0.105. The first-order chi connectivity index (χ1) is 11.0. The van der Waals surface area contributed by atoms with Gasteiger partial charge in [0, 0.05) is 17.4 Å². The standard InChI is InChI=1S/C18H22N2O3/c1-12-5-7-15(13(2)9-12)20-18(21)11-19-14-6-8-16(22-3)17(10-14)23-4/h5-10,19H,11H2,1-4H3,(H,20,21). The van der Waals surface area contributed by atoms with E-state index in [9.17, 15) is 4.79 Å². The number of methoxy groups -OCH3 is 2. The van der Waals surface area contributed by atoms with Gasteiger partial charge >= 0.3 is 0 Å². The molecule has 0 unspecified atom stereocenters. The van der Waals surface area contributed by atoms with E-state index in [0.29, 0.717) is 11.5 Å². The molecule has 0 aliphatic rings. The van der Waals surface area contributed by atoms with E-state index < -0.39 is 0 Å². The summed E-state index contributed by atoms with van der Waals surface area (Å²) in [6, 6.07) is 11.4. The number of ether oxygens (including phenoxy) is 2. The molecular weight excluding hydrogens is 292 g/mol. The number of anilines is 2. The normalized spacial score (nSPS) is 10.1. The maximum Gasteiger partial charge on any atom is 0.243 e. The van der Waals surface area contributed by atoms with Crippen molar-refractivity contribution in [1.82, 2.24) is 0 Å². The van der Waals surface area contributed by atoms with Crippen LogP contribution in [0.4, 0.5) is 11.4 Å². The van der Waals surface area contributed by atoms with Crippen LogP contribution < -0.4 is 20.1 Å². The Balaban J connectivity index is 1.96. The Morgan fingerprint density at radius 1 is 1.00 bits per heavy atom. The van der Waals surface area contributed by atoms with Gasteiger partial charge in [-0.15, -0.1) is 0 Å². The minimum absolute atomic E-state index is 0.105. The number of hydrogen-bond donors (Lipinski definition) is 2. The highest BCUT2D eigenvalue weighted by Crippen LogP contribution is 2.29. The zero-order valence-corrected chi connectivity index (χ0v) is 13.9. The number of benzene rings is 2. The summed E-state index contributed by atoms with van der Waals surface area (Å²) in [5, 5.41) is 5.98. The third-order valence-electron chi connectivity index (χ3n) is 3.49. The third kappa shape index (κ3) is 4.39. The molecule has 0 aromatic heterocycles. The van der Waals surface area contributed by atoms with Crippen LogP contribution in [-0.2, 0) is 4.79 Å². The van der Waals surface area contributed by atoms with E-state index >= 15 is 0 Å². The molecule has 122 valence electrons. The number of hydrogen-bond acceptors (Lipinski definition) is 4. The monoisotopic (exact) mass is 314 g/mol. The first-order valence-electron chi connectivity index (χ1n) is 7.36. The van der Waals surface area contributed by atoms with Gasteiger partial charge in [-0.3, -0.25) is 4.79 Å². The Bertz CT molecular complexity index is 699. The predicted octanol–water partition coefficient (Wildman–Crippen LogP) is 3.37. The van der Waals surface area contributed by atoms with E-state index in [-0.39, 0.29) is 12.5 Å². The fourth-order valence-electron chi connectivity index (χ4n) is 2.28. The highest BCUT2D eigenvalue weighted by atomic mass is 16.5. The smallest absolute Gasteiger partial charge is 0.243 e. The first kappa shape index (κ1) is 16.7. The largest absolute Gasteiger partial charge is 0.493 e. The molecule has 0 saturated carbocycles. The van der Waals surface area contributed by atoms with E-state index in [0.717, 1.165) is 16.9 Å². The Morgan fingerprint density at radius 3 is 2.39 bits per heavy atom. The molecule has 1 amide bonds. The average molecular weight is 314 g/mol. The van der Waals surface area contributed by atoms with Crippen LogP contribution in [0.3, 0.4) is 0 Å². The Morgan fingerprint density at radius 2 is 1.74 bits per heavy atom. The fourth-order valence-corrected chi connectivity index (χ4v) is 2.28. The molecule has 5 nitrogen and oxygen atoms in total. The van der Waals surface area contributed by atoms with E-state index in [1.54, 1.807) is 26.4 Å². The SMILES string of the molecule is COc1ccc(NCC(=O)Nc2ccc(C)cc2C)cc1OC. The zero-order valence-electron chi connectivity index (χ0n) is 13.9. The molecule has 23 heavy (non-hydrogen) atoms. The lowest BCUT2D eigenvalue weighted by Crippen LogP contribution is -2.22. The summed E-state index contributed by atoms with van der Waals surface area (Å²) in [5.41, 5.74) is 3.83. The van der Waals surface area contributed by atoms with Crippen LogP contribution in [-0.4, -0.2) is 26.7 Å². The van der Waals surface area contributed by atoms with Crippen LogP contribution in [0.1, 0.15) is 11.1 Å². The van der Waals surface area contributed by atoms with Crippen LogP contribution >= 0.6 is 0 Å². The van der Waals surface area contributed by atoms with Crippen molar-refractivity contribution in [1.29, 1.82) is 0 Å². The number of carbonyl (C=O) groups is 1. The molecule has 5 heteroatoms. The maximum atomic E-state index is 12.1. The van der Waals surface area contributed by atoms with Crippen molar-refractivity contribution >= 4 is 17.3 Å². The number of aryl methyl sites for hydroxylation is 2. The summed E-state index contributed by atoms with van der Waals surface area (Å²) in [6.07, 6.45) is 0. The van der Waals surface area contributed by atoms with Crippen molar-refractivity contribution in [2.45, 2.75) is 13.8 Å². The van der Waals surface area contributed by atoms with Crippen molar-refractivity contribution < 1.29 is 14.3 Å². The fraction of sp³-hybridized carbons (Fsp3) is 0.278. The molecular formula is C18H22N2O3. The van der Waals surface area contributed by atoms with Crippen molar-refractivity contribution in [3.63, 3.8) is 0 Å². The molecule has 0 aliphatic carbocycles. The van der Waals surface area contributed by atoms with Crippen LogP contribution in [0.2, 0.25) is 0 Å². The molecule has 2 aromatic rings. The van der Waals surface area contributed by atoms with Crippen molar-refractivity contribution in [2.24, 2.45) is 0 Å². The topological polar surface area (TPSA) is 59.6 Å². The maximum absolute atomic E-state index is 12.1. The van der Waals surface area contributed by atoms with Crippen LogP contribution in [0.25, 0.3) is 0 Å². The van der Waals surface area contributed by atoms with Gasteiger partial charge in [0.2, 0.25) is 5.91 Å². The number of nitrogens with one attached hydrogen (secondary N) is 2. The molecule has 0 radical (unpaired) electrons.